The number of rotatable bonds is 4. The van der Waals surface area contributed by atoms with Crippen LogP contribution in [0.15, 0.2) is 46.9 Å². The highest BCUT2D eigenvalue weighted by Gasteiger charge is 2.17. The topological polar surface area (TPSA) is 27.3 Å². The number of halogens is 1. The minimum Gasteiger partial charge on any atom is -0.371 e. The summed E-state index contributed by atoms with van der Waals surface area (Å²) in [6, 6.07) is 15.2. The van der Waals surface area contributed by atoms with Crippen molar-refractivity contribution in [1.82, 2.24) is 5.32 Å². The maximum absolute atomic E-state index is 5.49. The Bertz CT molecular complexity index is 791. The van der Waals surface area contributed by atoms with E-state index in [-0.39, 0.29) is 6.04 Å². The van der Waals surface area contributed by atoms with Gasteiger partial charge in [0.15, 0.2) is 5.11 Å². The lowest BCUT2D eigenvalue weighted by atomic mass is 9.99. The molecular weight excluding hydrogens is 418 g/mol. The van der Waals surface area contributed by atoms with E-state index >= 15 is 0 Å². The Labute approximate surface area is 176 Å². The van der Waals surface area contributed by atoms with Gasteiger partial charge in [-0.1, -0.05) is 35.0 Å². The van der Waals surface area contributed by atoms with E-state index in [1.807, 2.05) is 12.1 Å². The van der Waals surface area contributed by atoms with Crippen molar-refractivity contribution >= 4 is 44.6 Å². The number of aryl methyl sites for hydroxylation is 1. The molecule has 0 unspecified atom stereocenters. The molecule has 0 radical (unpaired) electrons. The second kappa shape index (κ2) is 9.07. The molecule has 1 fully saturated rings. The quantitative estimate of drug-likeness (QED) is 0.560. The van der Waals surface area contributed by atoms with Crippen molar-refractivity contribution in [3.05, 3.63) is 58.1 Å². The minimum atomic E-state index is 0.149. The Morgan fingerprint density at radius 1 is 1.22 bits per heavy atom. The predicted molar refractivity (Wildman–Crippen MR) is 124 cm³/mol. The molecule has 2 aromatic rings. The lowest BCUT2D eigenvalue weighted by Gasteiger charge is -2.33. The van der Waals surface area contributed by atoms with Crippen LogP contribution in [0, 0.1) is 12.8 Å². The molecule has 2 N–H and O–H groups in total. The molecule has 0 aliphatic carbocycles. The Hall–Kier alpha value is -1.59. The fraction of sp³-hybridized carbons (Fsp3) is 0.409. The van der Waals surface area contributed by atoms with Crippen molar-refractivity contribution < 1.29 is 0 Å². The number of nitrogens with zero attached hydrogens (tertiary/aromatic N) is 1. The van der Waals surface area contributed by atoms with Crippen molar-refractivity contribution in [2.75, 3.05) is 23.3 Å². The van der Waals surface area contributed by atoms with Gasteiger partial charge in [-0.15, -0.1) is 0 Å². The van der Waals surface area contributed by atoms with Gasteiger partial charge < -0.3 is 15.5 Å². The van der Waals surface area contributed by atoms with Gasteiger partial charge in [-0.25, -0.2) is 0 Å². The van der Waals surface area contributed by atoms with E-state index in [0.717, 1.165) is 29.2 Å². The number of benzene rings is 2. The molecule has 1 saturated heterocycles. The van der Waals surface area contributed by atoms with Crippen LogP contribution >= 0.6 is 28.1 Å². The van der Waals surface area contributed by atoms with Crippen LogP contribution in [0.3, 0.4) is 0 Å². The van der Waals surface area contributed by atoms with Crippen molar-refractivity contribution in [3.8, 4) is 0 Å². The molecule has 2 aromatic carbocycles. The van der Waals surface area contributed by atoms with Crippen LogP contribution in [0.2, 0.25) is 0 Å². The number of piperidine rings is 1. The van der Waals surface area contributed by atoms with Crippen LogP contribution in [-0.2, 0) is 0 Å². The zero-order valence-corrected chi connectivity index (χ0v) is 18.7. The molecule has 1 heterocycles. The zero-order chi connectivity index (χ0) is 19.4. The molecule has 0 amide bonds. The molecule has 0 saturated carbocycles. The zero-order valence-electron chi connectivity index (χ0n) is 16.3. The summed E-state index contributed by atoms with van der Waals surface area (Å²) in [5.41, 5.74) is 4.73. The van der Waals surface area contributed by atoms with Crippen LogP contribution < -0.4 is 15.5 Å². The van der Waals surface area contributed by atoms with Crippen LogP contribution in [0.5, 0.6) is 0 Å². The molecule has 0 aromatic heterocycles. The van der Waals surface area contributed by atoms with E-state index < -0.39 is 0 Å². The van der Waals surface area contributed by atoms with E-state index in [0.29, 0.717) is 5.11 Å². The van der Waals surface area contributed by atoms with Gasteiger partial charge in [-0.2, -0.15) is 0 Å². The summed E-state index contributed by atoms with van der Waals surface area (Å²) in [7, 11) is 0. The molecule has 2 atom stereocenters. The third kappa shape index (κ3) is 5.45. The summed E-state index contributed by atoms with van der Waals surface area (Å²) in [4.78, 5) is 2.50. The van der Waals surface area contributed by atoms with Gasteiger partial charge in [0.25, 0.3) is 0 Å². The first-order valence-corrected chi connectivity index (χ1v) is 10.8. The van der Waals surface area contributed by atoms with Gasteiger partial charge in [0, 0.05) is 28.9 Å². The van der Waals surface area contributed by atoms with Gasteiger partial charge in [0.05, 0.1) is 6.04 Å². The standard InChI is InChI=1S/C22H28BrN3S/c1-15-5-4-12-26(14-15)20-9-6-18(7-10-20)17(3)24-22(27)25-19-8-11-21(23)16(2)13-19/h6-11,13,15,17H,4-5,12,14H2,1-3H3,(H2,24,25,27)/t15-,17-/m1/s1. The molecule has 0 spiro atoms. The molecule has 0 bridgehead atoms. The van der Waals surface area contributed by atoms with Crippen LogP contribution in [0.1, 0.15) is 43.9 Å². The van der Waals surface area contributed by atoms with E-state index in [1.165, 1.54) is 29.7 Å². The number of hydrogen-bond acceptors (Lipinski definition) is 2. The van der Waals surface area contributed by atoms with Crippen molar-refractivity contribution in [2.45, 2.75) is 39.7 Å². The fourth-order valence-electron chi connectivity index (χ4n) is 3.57. The second-order valence-corrected chi connectivity index (χ2v) is 8.83. The molecule has 1 aliphatic heterocycles. The summed E-state index contributed by atoms with van der Waals surface area (Å²) >= 11 is 9.01. The SMILES string of the molecule is Cc1cc(NC(=S)N[C@H](C)c2ccc(N3CCC[C@@H](C)C3)cc2)ccc1Br. The molecule has 5 heteroatoms. The van der Waals surface area contributed by atoms with E-state index in [4.69, 9.17) is 12.2 Å². The predicted octanol–water partition coefficient (Wildman–Crippen LogP) is 6.04. The van der Waals surface area contributed by atoms with Crippen LogP contribution in [0.4, 0.5) is 11.4 Å². The third-order valence-electron chi connectivity index (χ3n) is 5.18. The number of nitrogens with one attached hydrogen (secondary N) is 2. The average molecular weight is 446 g/mol. The Kier molecular flexibility index (Phi) is 6.77. The van der Waals surface area contributed by atoms with Gasteiger partial charge >= 0.3 is 0 Å². The van der Waals surface area contributed by atoms with Crippen LogP contribution in [-0.4, -0.2) is 18.2 Å². The smallest absolute Gasteiger partial charge is 0.171 e. The number of anilines is 2. The van der Waals surface area contributed by atoms with Crippen molar-refractivity contribution in [2.24, 2.45) is 5.92 Å². The van der Waals surface area contributed by atoms with Gasteiger partial charge in [0.1, 0.15) is 0 Å². The van der Waals surface area contributed by atoms with E-state index in [2.05, 4.69) is 82.6 Å². The summed E-state index contributed by atoms with van der Waals surface area (Å²) in [5.74, 6) is 0.782. The summed E-state index contributed by atoms with van der Waals surface area (Å²) in [6.45, 7) is 8.87. The van der Waals surface area contributed by atoms with Gasteiger partial charge in [0.2, 0.25) is 0 Å². The second-order valence-electron chi connectivity index (χ2n) is 7.57. The number of hydrogen-bond donors (Lipinski definition) is 2. The van der Waals surface area contributed by atoms with Crippen molar-refractivity contribution in [1.29, 1.82) is 0 Å². The Morgan fingerprint density at radius 3 is 2.63 bits per heavy atom. The lowest BCUT2D eigenvalue weighted by molar-refractivity contribution is 0.447. The monoisotopic (exact) mass is 445 g/mol. The summed E-state index contributed by atoms with van der Waals surface area (Å²) in [6.07, 6.45) is 2.63. The fourth-order valence-corrected chi connectivity index (χ4v) is 4.11. The highest BCUT2D eigenvalue weighted by atomic mass is 79.9. The normalized spacial score (nSPS) is 18.1. The van der Waals surface area contributed by atoms with Gasteiger partial charge in [-0.3, -0.25) is 0 Å². The highest BCUT2D eigenvalue weighted by Crippen LogP contribution is 2.25. The average Bonchev–Trinajstić information content (AvgIpc) is 2.65. The minimum absolute atomic E-state index is 0.149. The van der Waals surface area contributed by atoms with E-state index in [1.54, 1.807) is 0 Å². The molecule has 3 nitrogen and oxygen atoms in total. The van der Waals surface area contributed by atoms with Gasteiger partial charge in [-0.05, 0) is 86.3 Å². The summed E-state index contributed by atoms with van der Waals surface area (Å²) in [5, 5.41) is 7.29. The largest absolute Gasteiger partial charge is 0.371 e. The third-order valence-corrected chi connectivity index (χ3v) is 6.29. The van der Waals surface area contributed by atoms with Crippen molar-refractivity contribution in [3.63, 3.8) is 0 Å². The first-order valence-electron chi connectivity index (χ1n) is 9.61. The molecule has 144 valence electrons. The number of thiocarbonyl (C=S) groups is 1. The summed E-state index contributed by atoms with van der Waals surface area (Å²) < 4.78 is 1.10. The highest BCUT2D eigenvalue weighted by molar-refractivity contribution is 9.10. The Morgan fingerprint density at radius 2 is 1.96 bits per heavy atom. The molecule has 1 aliphatic rings. The maximum atomic E-state index is 5.49. The maximum Gasteiger partial charge on any atom is 0.171 e. The first kappa shape index (κ1) is 20.2. The van der Waals surface area contributed by atoms with E-state index in [9.17, 15) is 0 Å². The molecule has 3 rings (SSSR count). The molecule has 27 heavy (non-hydrogen) atoms. The Balaban J connectivity index is 1.57. The molecular formula is C22H28BrN3S. The first-order chi connectivity index (χ1) is 12.9. The van der Waals surface area contributed by atoms with Crippen LogP contribution in [0.25, 0.3) is 0 Å². The lowest BCUT2D eigenvalue weighted by Crippen LogP contribution is -2.34.